The van der Waals surface area contributed by atoms with Gasteiger partial charge in [-0.3, -0.25) is 4.79 Å². The van der Waals surface area contributed by atoms with E-state index in [1.807, 2.05) is 21.1 Å². The quantitative estimate of drug-likeness (QED) is 0.546. The molecule has 0 bridgehead atoms. The van der Waals surface area contributed by atoms with Crippen molar-refractivity contribution in [3.63, 3.8) is 0 Å². The van der Waals surface area contributed by atoms with Gasteiger partial charge in [-0.25, -0.2) is 0 Å². The molecule has 0 saturated heterocycles. The van der Waals surface area contributed by atoms with Gasteiger partial charge in [0.25, 0.3) is 0 Å². The Kier molecular flexibility index (Phi) is 3.31. The smallest absolute Gasteiger partial charge is 0.323 e. The normalized spacial score (nSPS) is 14.8. The average Bonchev–Trinajstić information content (AvgIpc) is 1.60. The molecule has 0 aliphatic heterocycles. The zero-order valence-corrected chi connectivity index (χ0v) is 8.05. The van der Waals surface area contributed by atoms with Crippen LogP contribution in [0.4, 0.5) is 0 Å². The van der Waals surface area contributed by atoms with E-state index in [-0.39, 0.29) is 0 Å². The van der Waals surface area contributed by atoms with Crippen molar-refractivity contribution in [1.29, 1.82) is 0 Å². The van der Waals surface area contributed by atoms with Crippen LogP contribution in [-0.2, 0) is 4.79 Å². The van der Waals surface area contributed by atoms with Gasteiger partial charge < -0.3 is 9.59 Å². The molecule has 0 saturated carbocycles. The van der Waals surface area contributed by atoms with Crippen LogP contribution >= 0.6 is 15.9 Å². The van der Waals surface area contributed by atoms with E-state index in [0.29, 0.717) is 11.0 Å². The summed E-state index contributed by atoms with van der Waals surface area (Å²) >= 11 is 3.06. The van der Waals surface area contributed by atoms with E-state index in [2.05, 4.69) is 15.9 Å². The molecule has 0 aliphatic carbocycles. The van der Waals surface area contributed by atoms with Crippen LogP contribution in [0.1, 0.15) is 0 Å². The highest BCUT2D eigenvalue weighted by Crippen LogP contribution is 2.04. The van der Waals surface area contributed by atoms with Gasteiger partial charge in [0.15, 0.2) is 4.83 Å². The van der Waals surface area contributed by atoms with Gasteiger partial charge in [-0.15, -0.1) is 0 Å². The predicted octanol–water partition coefficient (Wildman–Crippen LogP) is 0.541. The first-order valence-electron chi connectivity index (χ1n) is 3.00. The van der Waals surface area contributed by atoms with Gasteiger partial charge in [0.05, 0.1) is 21.1 Å². The fraction of sp³-hybridized carbons (Fsp3) is 0.833. The Balaban J connectivity index is 3.80. The number of rotatable bonds is 3. The molecule has 60 valence electrons. The number of hydrogen-bond acceptors (Lipinski definition) is 1. The van der Waals surface area contributed by atoms with Crippen molar-refractivity contribution in [1.82, 2.24) is 0 Å². The second-order valence-corrected chi connectivity index (χ2v) is 4.38. The number of aliphatic carboxylic acids is 1. The molecule has 0 aromatic heterocycles. The summed E-state index contributed by atoms with van der Waals surface area (Å²) in [5.74, 6) is -0.798. The Morgan fingerprint density at radius 2 is 2.00 bits per heavy atom. The van der Waals surface area contributed by atoms with Gasteiger partial charge in [-0.2, -0.15) is 0 Å². The minimum absolute atomic E-state index is 0.438. The largest absolute Gasteiger partial charge is 0.480 e. The molecule has 4 heteroatoms. The number of hydrogen-bond donors (Lipinski definition) is 1. The Bertz CT molecular complexity index is 130. The topological polar surface area (TPSA) is 37.3 Å². The predicted molar refractivity (Wildman–Crippen MR) is 43.3 cm³/mol. The van der Waals surface area contributed by atoms with Crippen molar-refractivity contribution in [3.05, 3.63) is 0 Å². The number of halogens is 1. The summed E-state index contributed by atoms with van der Waals surface area (Å²) in [6.45, 7) is 0.593. The van der Waals surface area contributed by atoms with Gasteiger partial charge in [-0.1, -0.05) is 15.9 Å². The molecule has 0 spiro atoms. The van der Waals surface area contributed by atoms with E-state index < -0.39 is 10.8 Å². The Morgan fingerprint density at radius 3 is 2.10 bits per heavy atom. The van der Waals surface area contributed by atoms with Crippen LogP contribution in [0.15, 0.2) is 0 Å². The molecule has 0 amide bonds. The molecule has 0 radical (unpaired) electrons. The van der Waals surface area contributed by atoms with Crippen molar-refractivity contribution >= 4 is 21.9 Å². The second kappa shape index (κ2) is 3.34. The lowest BCUT2D eigenvalue weighted by Gasteiger charge is -2.24. The van der Waals surface area contributed by atoms with Crippen molar-refractivity contribution in [2.24, 2.45) is 0 Å². The van der Waals surface area contributed by atoms with Crippen LogP contribution in [0.25, 0.3) is 0 Å². The third-order valence-electron chi connectivity index (χ3n) is 0.976. The molecular formula is C6H13BrNO2+. The van der Waals surface area contributed by atoms with Gasteiger partial charge in [0, 0.05) is 0 Å². The highest BCUT2D eigenvalue weighted by molar-refractivity contribution is 9.10. The third kappa shape index (κ3) is 4.76. The first-order chi connectivity index (χ1) is 4.33. The number of carboxylic acids is 1. The maximum Gasteiger partial charge on any atom is 0.323 e. The molecule has 0 aromatic carbocycles. The Hall–Kier alpha value is -0.0900. The van der Waals surface area contributed by atoms with E-state index in [1.54, 1.807) is 0 Å². The summed E-state index contributed by atoms with van der Waals surface area (Å²) < 4.78 is 0.655. The number of carboxylic acid groups (broad SMARTS) is 1. The summed E-state index contributed by atoms with van der Waals surface area (Å²) in [4.78, 5) is 9.88. The maximum absolute atomic E-state index is 10.3. The van der Waals surface area contributed by atoms with Crippen LogP contribution in [-0.4, -0.2) is 48.1 Å². The first kappa shape index (κ1) is 9.91. The summed E-state index contributed by atoms with van der Waals surface area (Å²) in [6.07, 6.45) is 0. The first-order valence-corrected chi connectivity index (χ1v) is 3.92. The summed E-state index contributed by atoms with van der Waals surface area (Å²) in [6, 6.07) is 0. The lowest BCUT2D eigenvalue weighted by atomic mass is 10.4. The Labute approximate surface area is 69.4 Å². The van der Waals surface area contributed by atoms with E-state index in [0.717, 1.165) is 0 Å². The molecule has 0 unspecified atom stereocenters. The fourth-order valence-corrected chi connectivity index (χ4v) is 1.43. The number of alkyl halides is 1. The van der Waals surface area contributed by atoms with Crippen LogP contribution in [0.2, 0.25) is 0 Å². The molecule has 1 atom stereocenters. The van der Waals surface area contributed by atoms with Crippen molar-refractivity contribution < 1.29 is 14.4 Å². The molecule has 0 fully saturated rings. The minimum Gasteiger partial charge on any atom is -0.480 e. The van der Waals surface area contributed by atoms with Gasteiger partial charge in [0.1, 0.15) is 6.54 Å². The zero-order valence-electron chi connectivity index (χ0n) is 6.47. The van der Waals surface area contributed by atoms with E-state index >= 15 is 0 Å². The van der Waals surface area contributed by atoms with Crippen molar-refractivity contribution in [2.75, 3.05) is 27.7 Å². The van der Waals surface area contributed by atoms with Crippen LogP contribution < -0.4 is 0 Å². The van der Waals surface area contributed by atoms with Gasteiger partial charge in [-0.05, 0) is 0 Å². The SMILES string of the molecule is C[N+](C)(C)C[C@@H](Br)C(=O)O. The fourth-order valence-electron chi connectivity index (χ4n) is 0.559. The molecule has 0 aliphatic rings. The van der Waals surface area contributed by atoms with Crippen molar-refractivity contribution in [2.45, 2.75) is 4.83 Å². The van der Waals surface area contributed by atoms with Gasteiger partial charge >= 0.3 is 5.97 Å². The Morgan fingerprint density at radius 1 is 1.60 bits per heavy atom. The summed E-state index contributed by atoms with van der Waals surface area (Å²) in [5, 5.41) is 8.49. The third-order valence-corrected chi connectivity index (χ3v) is 1.66. The minimum atomic E-state index is -0.798. The monoisotopic (exact) mass is 210 g/mol. The summed E-state index contributed by atoms with van der Waals surface area (Å²) in [7, 11) is 5.87. The molecule has 0 aromatic rings. The van der Waals surface area contributed by atoms with Crippen LogP contribution in [0.3, 0.4) is 0 Å². The van der Waals surface area contributed by atoms with Gasteiger partial charge in [0.2, 0.25) is 0 Å². The number of nitrogens with zero attached hydrogens (tertiary/aromatic N) is 1. The maximum atomic E-state index is 10.3. The number of quaternary nitrogens is 1. The molecule has 0 heterocycles. The highest BCUT2D eigenvalue weighted by Gasteiger charge is 2.20. The zero-order chi connectivity index (χ0) is 8.36. The van der Waals surface area contributed by atoms with Crippen molar-refractivity contribution in [3.8, 4) is 0 Å². The van der Waals surface area contributed by atoms with Crippen LogP contribution in [0.5, 0.6) is 0 Å². The van der Waals surface area contributed by atoms with E-state index in [9.17, 15) is 4.79 Å². The summed E-state index contributed by atoms with van der Waals surface area (Å²) in [5.41, 5.74) is 0. The van der Waals surface area contributed by atoms with Crippen LogP contribution in [0, 0.1) is 0 Å². The lowest BCUT2D eigenvalue weighted by Crippen LogP contribution is -2.41. The highest BCUT2D eigenvalue weighted by atomic mass is 79.9. The second-order valence-electron chi connectivity index (χ2n) is 3.28. The number of carbonyl (C=O) groups is 1. The standard InChI is InChI=1S/C6H12BrNO2/c1-8(2,3)4-5(7)6(9)10/h5H,4H2,1-3H3/p+1/t5-/m1/s1. The molecule has 3 nitrogen and oxygen atoms in total. The molecular weight excluding hydrogens is 198 g/mol. The average molecular weight is 211 g/mol. The molecule has 1 N–H and O–H groups in total. The molecule has 0 rings (SSSR count). The molecule has 10 heavy (non-hydrogen) atoms. The van der Waals surface area contributed by atoms with E-state index in [4.69, 9.17) is 5.11 Å². The lowest BCUT2D eigenvalue weighted by molar-refractivity contribution is -0.868. The van der Waals surface area contributed by atoms with E-state index in [1.165, 1.54) is 0 Å².